The van der Waals surface area contributed by atoms with E-state index in [1.54, 1.807) is 0 Å². The van der Waals surface area contributed by atoms with Crippen molar-refractivity contribution in [2.75, 3.05) is 25.0 Å². The monoisotopic (exact) mass is 320 g/mol. The van der Waals surface area contributed by atoms with E-state index in [4.69, 9.17) is 4.74 Å². The maximum atomic E-state index is 11.5. The lowest BCUT2D eigenvalue weighted by atomic mass is 10.2. The van der Waals surface area contributed by atoms with E-state index in [0.717, 1.165) is 23.2 Å². The number of ether oxygens (including phenoxy) is 1. The largest absolute Gasteiger partial charge is 0.366 e. The first-order chi connectivity index (χ1) is 7.74. The first-order valence-electron chi connectivity index (χ1n) is 5.12. The van der Waals surface area contributed by atoms with Crippen molar-refractivity contribution in [2.24, 2.45) is 0 Å². The highest BCUT2D eigenvalue weighted by Crippen LogP contribution is 2.15. The first kappa shape index (κ1) is 14.4. The van der Waals surface area contributed by atoms with Crippen molar-refractivity contribution in [1.82, 2.24) is 5.32 Å². The Balaban J connectivity index is 0.00000144. The van der Waals surface area contributed by atoms with Crippen LogP contribution in [0.25, 0.3) is 0 Å². The van der Waals surface area contributed by atoms with Crippen molar-refractivity contribution in [3.8, 4) is 0 Å². The van der Waals surface area contributed by atoms with E-state index in [2.05, 4.69) is 26.6 Å². The molecule has 0 atom stereocenters. The summed E-state index contributed by atoms with van der Waals surface area (Å²) in [6.07, 6.45) is 0.188. The minimum Gasteiger partial charge on any atom is -0.366 e. The van der Waals surface area contributed by atoms with Gasteiger partial charge in [-0.15, -0.1) is 12.4 Å². The third-order valence-corrected chi connectivity index (χ3v) is 2.80. The fourth-order valence-corrected chi connectivity index (χ4v) is 1.74. The quantitative estimate of drug-likeness (QED) is 0.889. The number of anilines is 1. The Kier molecular flexibility index (Phi) is 5.91. The summed E-state index contributed by atoms with van der Waals surface area (Å²) in [6.45, 7) is 1.78. The van der Waals surface area contributed by atoms with Gasteiger partial charge in [-0.05, 0) is 18.2 Å². The molecule has 0 aliphatic carbocycles. The summed E-state index contributed by atoms with van der Waals surface area (Å²) in [5.41, 5.74) is 0.773. The summed E-state index contributed by atoms with van der Waals surface area (Å²) in [4.78, 5) is 11.5. The van der Waals surface area contributed by atoms with Gasteiger partial charge in [-0.25, -0.2) is 0 Å². The lowest BCUT2D eigenvalue weighted by Crippen LogP contribution is -2.49. The van der Waals surface area contributed by atoms with Gasteiger partial charge in [-0.3, -0.25) is 4.79 Å². The van der Waals surface area contributed by atoms with Gasteiger partial charge < -0.3 is 15.4 Å². The summed E-state index contributed by atoms with van der Waals surface area (Å²) >= 11 is 3.34. The van der Waals surface area contributed by atoms with Crippen molar-refractivity contribution < 1.29 is 9.53 Å². The van der Waals surface area contributed by atoms with Gasteiger partial charge in [-0.2, -0.15) is 0 Å². The number of nitrogens with one attached hydrogen (secondary N) is 2. The van der Waals surface area contributed by atoms with E-state index in [1.165, 1.54) is 0 Å². The molecule has 1 fully saturated rings. The number of halogens is 2. The highest BCUT2D eigenvalue weighted by atomic mass is 79.9. The van der Waals surface area contributed by atoms with Crippen LogP contribution in [0, 0.1) is 0 Å². The SMILES string of the molecule is Cl.O=C(COC1CNC1)Nc1cccc(Br)c1. The van der Waals surface area contributed by atoms with Gasteiger partial charge in [0.1, 0.15) is 6.61 Å². The molecule has 0 radical (unpaired) electrons. The molecule has 0 bridgehead atoms. The molecule has 17 heavy (non-hydrogen) atoms. The number of hydrogen-bond acceptors (Lipinski definition) is 3. The number of benzene rings is 1. The number of carbonyl (C=O) groups is 1. The van der Waals surface area contributed by atoms with Crippen LogP contribution >= 0.6 is 28.3 Å². The Bertz CT molecular complexity index is 385. The predicted octanol–water partition coefficient (Wildman–Crippen LogP) is 1.80. The highest BCUT2D eigenvalue weighted by Gasteiger charge is 2.18. The van der Waals surface area contributed by atoms with Crippen molar-refractivity contribution in [3.05, 3.63) is 28.7 Å². The lowest BCUT2D eigenvalue weighted by Gasteiger charge is -2.26. The molecule has 4 nitrogen and oxygen atoms in total. The molecule has 1 aromatic rings. The first-order valence-corrected chi connectivity index (χ1v) is 5.91. The minimum atomic E-state index is -0.120. The van der Waals surface area contributed by atoms with Crippen LogP contribution in [0.3, 0.4) is 0 Å². The number of amides is 1. The van der Waals surface area contributed by atoms with Crippen LogP contribution in [-0.2, 0) is 9.53 Å². The topological polar surface area (TPSA) is 50.4 Å². The van der Waals surface area contributed by atoms with Gasteiger partial charge in [0.05, 0.1) is 6.10 Å². The van der Waals surface area contributed by atoms with Gasteiger partial charge in [0.2, 0.25) is 5.91 Å². The molecule has 1 aromatic carbocycles. The fourth-order valence-electron chi connectivity index (χ4n) is 1.34. The van der Waals surface area contributed by atoms with E-state index < -0.39 is 0 Å². The molecule has 6 heteroatoms. The Morgan fingerprint density at radius 3 is 2.88 bits per heavy atom. The molecule has 2 N–H and O–H groups in total. The van der Waals surface area contributed by atoms with E-state index in [1.807, 2.05) is 24.3 Å². The molecular formula is C11H14BrClN2O2. The van der Waals surface area contributed by atoms with Gasteiger partial charge in [0.25, 0.3) is 0 Å². The van der Waals surface area contributed by atoms with E-state index >= 15 is 0 Å². The lowest BCUT2D eigenvalue weighted by molar-refractivity contribution is -0.123. The average molecular weight is 322 g/mol. The Hall–Kier alpha value is -0.620. The van der Waals surface area contributed by atoms with Crippen LogP contribution in [-0.4, -0.2) is 31.7 Å². The molecule has 1 amide bonds. The summed E-state index contributed by atoms with van der Waals surface area (Å²) in [5.74, 6) is -0.120. The zero-order valence-electron chi connectivity index (χ0n) is 9.11. The van der Waals surface area contributed by atoms with Crippen molar-refractivity contribution >= 4 is 39.9 Å². The Labute approximate surface area is 115 Å². The van der Waals surface area contributed by atoms with Crippen molar-refractivity contribution in [2.45, 2.75) is 6.10 Å². The van der Waals surface area contributed by atoms with Crippen LogP contribution in [0.5, 0.6) is 0 Å². The van der Waals surface area contributed by atoms with E-state index in [9.17, 15) is 4.79 Å². The number of hydrogen-bond donors (Lipinski definition) is 2. The van der Waals surface area contributed by atoms with Gasteiger partial charge in [0.15, 0.2) is 0 Å². The summed E-state index contributed by atoms with van der Waals surface area (Å²) in [5, 5.41) is 5.85. The summed E-state index contributed by atoms with van der Waals surface area (Å²) < 4.78 is 6.30. The molecule has 0 unspecified atom stereocenters. The van der Waals surface area contributed by atoms with Crippen molar-refractivity contribution in [1.29, 1.82) is 0 Å². The molecule has 0 spiro atoms. The number of rotatable bonds is 4. The molecule has 2 rings (SSSR count). The second-order valence-electron chi connectivity index (χ2n) is 3.65. The second-order valence-corrected chi connectivity index (χ2v) is 4.57. The Morgan fingerprint density at radius 1 is 1.53 bits per heavy atom. The van der Waals surface area contributed by atoms with Crippen molar-refractivity contribution in [3.63, 3.8) is 0 Å². The fraction of sp³-hybridized carbons (Fsp3) is 0.364. The molecule has 0 saturated carbocycles. The summed E-state index contributed by atoms with van der Waals surface area (Å²) in [7, 11) is 0. The van der Waals surface area contributed by atoms with Crippen LogP contribution in [0.15, 0.2) is 28.7 Å². The van der Waals surface area contributed by atoms with Gasteiger partial charge in [-0.1, -0.05) is 22.0 Å². The summed E-state index contributed by atoms with van der Waals surface area (Å²) in [6, 6.07) is 7.47. The van der Waals surface area contributed by atoms with Gasteiger partial charge >= 0.3 is 0 Å². The minimum absolute atomic E-state index is 0. The standard InChI is InChI=1S/C11H13BrN2O2.ClH/c12-8-2-1-3-9(4-8)14-11(15)7-16-10-5-13-6-10;/h1-4,10,13H,5-7H2,(H,14,15);1H. The molecule has 0 aromatic heterocycles. The molecule has 1 aliphatic heterocycles. The highest BCUT2D eigenvalue weighted by molar-refractivity contribution is 9.10. The van der Waals surface area contributed by atoms with Crippen LogP contribution in [0.1, 0.15) is 0 Å². The molecule has 94 valence electrons. The normalized spacial score (nSPS) is 14.6. The molecule has 1 aliphatic rings. The zero-order chi connectivity index (χ0) is 11.4. The maximum Gasteiger partial charge on any atom is 0.250 e. The molecule has 1 saturated heterocycles. The average Bonchev–Trinajstić information content (AvgIpc) is 2.15. The maximum absolute atomic E-state index is 11.5. The predicted molar refractivity (Wildman–Crippen MR) is 72.6 cm³/mol. The van der Waals surface area contributed by atoms with Crippen LogP contribution < -0.4 is 10.6 Å². The van der Waals surface area contributed by atoms with Gasteiger partial charge in [0, 0.05) is 23.2 Å². The molecule has 1 heterocycles. The van der Waals surface area contributed by atoms with E-state index in [0.29, 0.717) is 0 Å². The van der Waals surface area contributed by atoms with Crippen LogP contribution in [0.2, 0.25) is 0 Å². The second kappa shape index (κ2) is 6.96. The third-order valence-electron chi connectivity index (χ3n) is 2.30. The smallest absolute Gasteiger partial charge is 0.250 e. The molecular weight excluding hydrogens is 307 g/mol. The Morgan fingerprint density at radius 2 is 2.29 bits per heavy atom. The number of carbonyl (C=O) groups excluding carboxylic acids is 1. The zero-order valence-corrected chi connectivity index (χ0v) is 11.5. The third kappa shape index (κ3) is 4.63. The van der Waals surface area contributed by atoms with Crippen LogP contribution in [0.4, 0.5) is 5.69 Å². The van der Waals surface area contributed by atoms with E-state index in [-0.39, 0.29) is 31.0 Å².